The van der Waals surface area contributed by atoms with E-state index in [0.717, 1.165) is 9.69 Å². The molecule has 1 amide bonds. The Morgan fingerprint density at radius 2 is 1.87 bits per heavy atom. The number of carbonyl (C=O) groups excluding carboxylic acids is 3. The van der Waals surface area contributed by atoms with Crippen LogP contribution in [0.1, 0.15) is 57.0 Å². The van der Waals surface area contributed by atoms with E-state index in [1.54, 1.807) is 31.2 Å². The van der Waals surface area contributed by atoms with Crippen molar-refractivity contribution < 1.29 is 27.2 Å². The smallest absolute Gasteiger partial charge is 0.261 e. The molecule has 0 radical (unpaired) electrons. The van der Waals surface area contributed by atoms with Gasteiger partial charge in [-0.1, -0.05) is 38.1 Å². The third kappa shape index (κ3) is 6.19. The van der Waals surface area contributed by atoms with Crippen LogP contribution < -0.4 is 5.32 Å². The average Bonchev–Trinajstić information content (AvgIpc) is 3.27. The van der Waals surface area contributed by atoms with E-state index >= 15 is 0 Å². The highest BCUT2D eigenvalue weighted by atomic mass is 32.2. The van der Waals surface area contributed by atoms with Crippen LogP contribution in [-0.4, -0.2) is 53.8 Å². The molecule has 0 spiro atoms. The second-order valence-corrected chi connectivity index (χ2v) is 12.1. The first-order valence-electron chi connectivity index (χ1n) is 12.8. The summed E-state index contributed by atoms with van der Waals surface area (Å²) in [4.78, 5) is 43.5. The van der Waals surface area contributed by atoms with Crippen molar-refractivity contribution in [2.75, 3.05) is 6.54 Å². The van der Waals surface area contributed by atoms with Crippen LogP contribution in [0.15, 0.2) is 64.2 Å². The number of fused-ring (bicyclic) bond motifs is 1. The van der Waals surface area contributed by atoms with E-state index in [-0.39, 0.29) is 35.5 Å². The summed E-state index contributed by atoms with van der Waals surface area (Å²) in [6, 6.07) is 12.3. The normalized spacial score (nSPS) is 19.8. The summed E-state index contributed by atoms with van der Waals surface area (Å²) in [5.74, 6) is -1.39. The molecule has 1 fully saturated rings. The molecule has 2 aromatic heterocycles. The van der Waals surface area contributed by atoms with Gasteiger partial charge in [-0.2, -0.15) is 4.31 Å². The Hall–Kier alpha value is -3.37. The third-order valence-corrected chi connectivity index (χ3v) is 8.73. The van der Waals surface area contributed by atoms with Crippen molar-refractivity contribution in [2.45, 2.75) is 63.6 Å². The molecule has 0 aliphatic carbocycles. The van der Waals surface area contributed by atoms with Crippen molar-refractivity contribution >= 4 is 38.5 Å². The zero-order valence-electron chi connectivity index (χ0n) is 21.8. The zero-order chi connectivity index (χ0) is 27.4. The van der Waals surface area contributed by atoms with Gasteiger partial charge in [0.1, 0.15) is 5.58 Å². The topological polar surface area (TPSA) is 127 Å². The Kier molecular flexibility index (Phi) is 8.42. The molecular formula is C28H33N3O6S. The minimum absolute atomic E-state index is 0.0542. The van der Waals surface area contributed by atoms with Gasteiger partial charge >= 0.3 is 0 Å². The van der Waals surface area contributed by atoms with Crippen molar-refractivity contribution in [2.24, 2.45) is 11.8 Å². The molecule has 0 bridgehead atoms. The lowest BCUT2D eigenvalue weighted by Crippen LogP contribution is -2.47. The van der Waals surface area contributed by atoms with Crippen molar-refractivity contribution in [1.82, 2.24) is 14.6 Å². The summed E-state index contributed by atoms with van der Waals surface area (Å²) in [7, 11) is -3.98. The molecule has 10 heteroatoms. The molecule has 1 aromatic carbocycles. The number of furan rings is 1. The van der Waals surface area contributed by atoms with Crippen molar-refractivity contribution in [3.05, 3.63) is 60.5 Å². The first-order chi connectivity index (χ1) is 18.1. The number of pyridine rings is 1. The number of aromatic nitrogens is 1. The van der Waals surface area contributed by atoms with E-state index in [9.17, 15) is 22.8 Å². The Morgan fingerprint density at radius 3 is 2.55 bits per heavy atom. The molecule has 0 saturated carbocycles. The average molecular weight is 540 g/mol. The van der Waals surface area contributed by atoms with Gasteiger partial charge in [0.2, 0.25) is 5.91 Å². The lowest BCUT2D eigenvalue weighted by molar-refractivity contribution is -0.130. The molecule has 1 N–H and O–H groups in total. The number of benzene rings is 1. The standard InChI is InChI=1S/C28H33N3O6S/c1-18(2)14-21(15-23(32)26-16-20-8-4-5-9-25(20)37-26)28(34)30-22-12-11-19(3)31(17-24(22)33)38(35,36)27-10-6-7-13-29-27/h4-10,13,16,18-19,21-22H,11-12,14-15,17H2,1-3H3,(H,30,34)/t19-,21-,22+/m1/s1. The number of hydrogen-bond donors (Lipinski definition) is 1. The fourth-order valence-corrected chi connectivity index (χ4v) is 6.37. The third-order valence-electron chi connectivity index (χ3n) is 6.85. The van der Waals surface area contributed by atoms with Crippen molar-refractivity contribution in [1.29, 1.82) is 0 Å². The first-order valence-corrected chi connectivity index (χ1v) is 14.3. The van der Waals surface area contributed by atoms with Crippen LogP contribution in [-0.2, 0) is 19.6 Å². The highest BCUT2D eigenvalue weighted by Gasteiger charge is 2.38. The number of Topliss-reactive ketones (excluding diaryl/α,β-unsaturated/α-hetero) is 2. The number of hydrogen-bond acceptors (Lipinski definition) is 7. The van der Waals surface area contributed by atoms with Crippen LogP contribution in [0.5, 0.6) is 0 Å². The second-order valence-electron chi connectivity index (χ2n) is 10.3. The van der Waals surface area contributed by atoms with Gasteiger partial charge in [0, 0.05) is 30.0 Å². The number of nitrogens with one attached hydrogen (secondary N) is 1. The first kappa shape index (κ1) is 27.7. The molecule has 0 unspecified atom stereocenters. The van der Waals surface area contributed by atoms with E-state index in [4.69, 9.17) is 4.42 Å². The summed E-state index contributed by atoms with van der Waals surface area (Å²) in [6.07, 6.45) is 2.47. The van der Waals surface area contributed by atoms with Crippen LogP contribution in [0.25, 0.3) is 11.0 Å². The maximum absolute atomic E-state index is 13.3. The predicted molar refractivity (Wildman–Crippen MR) is 142 cm³/mol. The van der Waals surface area contributed by atoms with Crippen molar-refractivity contribution in [3.63, 3.8) is 0 Å². The molecule has 202 valence electrons. The number of sulfonamides is 1. The molecule has 38 heavy (non-hydrogen) atoms. The van der Waals surface area contributed by atoms with Crippen LogP contribution in [0.4, 0.5) is 0 Å². The minimum atomic E-state index is -3.98. The van der Waals surface area contributed by atoms with E-state index in [1.807, 2.05) is 32.0 Å². The molecule has 1 saturated heterocycles. The predicted octanol–water partition coefficient (Wildman–Crippen LogP) is 3.99. The van der Waals surface area contributed by atoms with E-state index in [2.05, 4.69) is 10.3 Å². The molecule has 4 rings (SSSR count). The number of para-hydroxylation sites is 1. The molecule has 9 nitrogen and oxygen atoms in total. The van der Waals surface area contributed by atoms with E-state index in [0.29, 0.717) is 24.8 Å². The van der Waals surface area contributed by atoms with Crippen molar-refractivity contribution in [3.8, 4) is 0 Å². The van der Waals surface area contributed by atoms with Gasteiger partial charge in [0.25, 0.3) is 10.0 Å². The Labute approximate surface area is 222 Å². The Balaban J connectivity index is 1.47. The maximum Gasteiger partial charge on any atom is 0.261 e. The fourth-order valence-electron chi connectivity index (χ4n) is 4.81. The molecule has 1 aliphatic heterocycles. The number of amides is 1. The van der Waals surface area contributed by atoms with Gasteiger partial charge in [-0.15, -0.1) is 0 Å². The minimum Gasteiger partial charge on any atom is -0.453 e. The van der Waals surface area contributed by atoms with Gasteiger partial charge in [0.05, 0.1) is 12.6 Å². The number of ketones is 2. The van der Waals surface area contributed by atoms with Gasteiger partial charge in [-0.3, -0.25) is 14.4 Å². The SMILES string of the molecule is CC(C)C[C@H](CC(=O)c1cc2ccccc2o1)C(=O)N[C@H]1CC[C@@H](C)N(S(=O)(=O)c2ccccn2)CC1=O. The second kappa shape index (κ2) is 11.6. The zero-order valence-corrected chi connectivity index (χ0v) is 22.6. The van der Waals surface area contributed by atoms with Crippen LogP contribution in [0.3, 0.4) is 0 Å². The van der Waals surface area contributed by atoms with Crippen LogP contribution in [0, 0.1) is 11.8 Å². The Bertz CT molecular complexity index is 1380. The van der Waals surface area contributed by atoms with Gasteiger partial charge in [-0.25, -0.2) is 13.4 Å². The number of rotatable bonds is 9. The molecule has 3 heterocycles. The van der Waals surface area contributed by atoms with Gasteiger partial charge < -0.3 is 9.73 Å². The highest BCUT2D eigenvalue weighted by Crippen LogP contribution is 2.26. The maximum atomic E-state index is 13.3. The number of carbonyl (C=O) groups is 3. The lowest BCUT2D eigenvalue weighted by Gasteiger charge is -2.25. The van der Waals surface area contributed by atoms with Crippen LogP contribution >= 0.6 is 0 Å². The summed E-state index contributed by atoms with van der Waals surface area (Å²) >= 11 is 0. The molecule has 3 aromatic rings. The Morgan fingerprint density at radius 1 is 1.13 bits per heavy atom. The largest absolute Gasteiger partial charge is 0.453 e. The van der Waals surface area contributed by atoms with Gasteiger partial charge in [-0.05, 0) is 56.4 Å². The fraction of sp³-hybridized carbons (Fsp3) is 0.429. The molecule has 1 aliphatic rings. The monoisotopic (exact) mass is 539 g/mol. The summed E-state index contributed by atoms with van der Waals surface area (Å²) in [6.45, 7) is 5.30. The van der Waals surface area contributed by atoms with Crippen LogP contribution in [0.2, 0.25) is 0 Å². The van der Waals surface area contributed by atoms with Gasteiger partial charge in [0.15, 0.2) is 22.4 Å². The lowest BCUT2D eigenvalue weighted by atomic mass is 9.90. The molecular weight excluding hydrogens is 506 g/mol. The molecule has 3 atom stereocenters. The summed E-state index contributed by atoms with van der Waals surface area (Å²) in [5.41, 5.74) is 0.601. The number of nitrogens with zero attached hydrogens (tertiary/aromatic N) is 2. The highest BCUT2D eigenvalue weighted by molar-refractivity contribution is 7.89. The quantitative estimate of drug-likeness (QED) is 0.407. The van der Waals surface area contributed by atoms with E-state index < -0.39 is 39.7 Å². The van der Waals surface area contributed by atoms with E-state index in [1.165, 1.54) is 12.3 Å². The summed E-state index contributed by atoms with van der Waals surface area (Å²) < 4.78 is 33.1. The summed E-state index contributed by atoms with van der Waals surface area (Å²) in [5, 5.41) is 3.51.